The smallest absolute Gasteiger partial charge is 0.137 e. The Bertz CT molecular complexity index is 352. The van der Waals surface area contributed by atoms with Crippen molar-refractivity contribution in [3.63, 3.8) is 0 Å². The Balaban J connectivity index is 2.22. The van der Waals surface area contributed by atoms with Crippen LogP contribution in [0.25, 0.3) is 0 Å². The van der Waals surface area contributed by atoms with Crippen LogP contribution in [0.4, 0.5) is 0 Å². The number of pyridine rings is 1. The molecule has 1 unspecified atom stereocenters. The molecule has 0 aliphatic heterocycles. The summed E-state index contributed by atoms with van der Waals surface area (Å²) in [5.74, 6) is 0.816. The Hall–Kier alpha value is -1.42. The summed E-state index contributed by atoms with van der Waals surface area (Å²) in [5, 5.41) is 3.28. The maximum atomic E-state index is 10.6. The van der Waals surface area contributed by atoms with Crippen LogP contribution in [0, 0.1) is 5.92 Å². The third-order valence-corrected chi connectivity index (χ3v) is 2.83. The molecule has 1 rings (SSSR count). The van der Waals surface area contributed by atoms with Gasteiger partial charge in [-0.15, -0.1) is 0 Å². The number of rotatable bonds is 10. The second-order valence-electron chi connectivity index (χ2n) is 4.71. The first-order valence-corrected chi connectivity index (χ1v) is 7.00. The van der Waals surface area contributed by atoms with Gasteiger partial charge in [-0.3, -0.25) is 4.98 Å². The second-order valence-corrected chi connectivity index (χ2v) is 4.71. The van der Waals surface area contributed by atoms with Gasteiger partial charge in [0.25, 0.3) is 0 Å². The van der Waals surface area contributed by atoms with E-state index in [9.17, 15) is 4.79 Å². The molecule has 4 heteroatoms. The first-order valence-electron chi connectivity index (χ1n) is 7.00. The van der Waals surface area contributed by atoms with E-state index in [4.69, 9.17) is 4.74 Å². The minimum Gasteiger partial charge on any atom is -0.492 e. The van der Waals surface area contributed by atoms with Gasteiger partial charge < -0.3 is 14.8 Å². The summed E-state index contributed by atoms with van der Waals surface area (Å²) in [6, 6.07) is 3.85. The number of carbonyl (C=O) groups excluding carboxylic acids is 1. The summed E-state index contributed by atoms with van der Waals surface area (Å²) < 4.78 is 5.61. The molecule has 0 saturated carbocycles. The normalized spacial score (nSPS) is 12.1. The van der Waals surface area contributed by atoms with E-state index in [2.05, 4.69) is 17.2 Å². The highest BCUT2D eigenvalue weighted by molar-refractivity contribution is 5.53. The van der Waals surface area contributed by atoms with Crippen LogP contribution in [-0.2, 0) is 11.2 Å². The van der Waals surface area contributed by atoms with Crippen molar-refractivity contribution >= 4 is 6.29 Å². The molecule has 1 aromatic heterocycles. The molecule has 1 heterocycles. The minimum atomic E-state index is 0.0188. The van der Waals surface area contributed by atoms with Gasteiger partial charge in [-0.25, -0.2) is 0 Å². The van der Waals surface area contributed by atoms with Gasteiger partial charge in [-0.1, -0.05) is 13.8 Å². The average Bonchev–Trinajstić information content (AvgIpc) is 2.44. The van der Waals surface area contributed by atoms with Gasteiger partial charge in [0, 0.05) is 11.6 Å². The lowest BCUT2D eigenvalue weighted by Gasteiger charge is -2.07. The molecule has 1 N–H and O–H groups in total. The number of nitrogens with one attached hydrogen (secondary N) is 1. The van der Waals surface area contributed by atoms with Crippen LogP contribution in [0.15, 0.2) is 18.3 Å². The van der Waals surface area contributed by atoms with E-state index >= 15 is 0 Å². The Morgan fingerprint density at radius 2 is 2.26 bits per heavy atom. The van der Waals surface area contributed by atoms with E-state index in [1.807, 2.05) is 19.1 Å². The quantitative estimate of drug-likeness (QED) is 0.520. The molecule has 0 saturated heterocycles. The fraction of sp³-hybridized carbons (Fsp3) is 0.600. The highest BCUT2D eigenvalue weighted by atomic mass is 16.5. The summed E-state index contributed by atoms with van der Waals surface area (Å²) >= 11 is 0. The van der Waals surface area contributed by atoms with E-state index in [0.29, 0.717) is 6.42 Å². The van der Waals surface area contributed by atoms with Crippen LogP contribution in [0.3, 0.4) is 0 Å². The van der Waals surface area contributed by atoms with E-state index in [0.717, 1.165) is 50.3 Å². The number of carbonyl (C=O) groups is 1. The molecular weight excluding hydrogens is 240 g/mol. The van der Waals surface area contributed by atoms with Gasteiger partial charge in [-0.2, -0.15) is 0 Å². The number of hydrogen-bond acceptors (Lipinski definition) is 4. The van der Waals surface area contributed by atoms with Gasteiger partial charge in [0.05, 0.1) is 12.8 Å². The fourth-order valence-corrected chi connectivity index (χ4v) is 1.71. The zero-order chi connectivity index (χ0) is 13.9. The van der Waals surface area contributed by atoms with Crippen molar-refractivity contribution in [2.75, 3.05) is 19.7 Å². The van der Waals surface area contributed by atoms with Gasteiger partial charge in [0.15, 0.2) is 0 Å². The van der Waals surface area contributed by atoms with Crippen molar-refractivity contribution in [3.05, 3.63) is 24.0 Å². The Labute approximate surface area is 115 Å². The minimum absolute atomic E-state index is 0.0188. The summed E-state index contributed by atoms with van der Waals surface area (Å²) in [5.41, 5.74) is 0.930. The van der Waals surface area contributed by atoms with E-state index in [-0.39, 0.29) is 5.92 Å². The monoisotopic (exact) mass is 264 g/mol. The van der Waals surface area contributed by atoms with Crippen LogP contribution in [0.5, 0.6) is 5.75 Å². The second kappa shape index (κ2) is 9.50. The van der Waals surface area contributed by atoms with Gasteiger partial charge in [-0.05, 0) is 44.5 Å². The topological polar surface area (TPSA) is 51.2 Å². The molecule has 19 heavy (non-hydrogen) atoms. The lowest BCUT2D eigenvalue weighted by Crippen LogP contribution is -2.14. The summed E-state index contributed by atoms with van der Waals surface area (Å²) in [6.07, 6.45) is 5.53. The number of aldehydes is 1. The van der Waals surface area contributed by atoms with Gasteiger partial charge in [0.1, 0.15) is 12.0 Å². The highest BCUT2D eigenvalue weighted by Crippen LogP contribution is 2.11. The molecule has 1 atom stereocenters. The maximum Gasteiger partial charge on any atom is 0.137 e. The molecule has 0 bridgehead atoms. The van der Waals surface area contributed by atoms with Crippen LogP contribution < -0.4 is 10.1 Å². The zero-order valence-electron chi connectivity index (χ0n) is 11.9. The Morgan fingerprint density at radius 3 is 2.89 bits per heavy atom. The lowest BCUT2D eigenvalue weighted by molar-refractivity contribution is -0.110. The molecule has 0 fully saturated rings. The fourth-order valence-electron chi connectivity index (χ4n) is 1.71. The molecule has 1 aromatic rings. The van der Waals surface area contributed by atoms with Gasteiger partial charge >= 0.3 is 0 Å². The Kier molecular flexibility index (Phi) is 7.82. The molecule has 0 radical (unpaired) electrons. The Morgan fingerprint density at radius 1 is 1.42 bits per heavy atom. The summed E-state index contributed by atoms with van der Waals surface area (Å²) in [6.45, 7) is 6.78. The average molecular weight is 264 g/mol. The van der Waals surface area contributed by atoms with Crippen molar-refractivity contribution in [3.8, 4) is 5.75 Å². The molecule has 0 amide bonds. The largest absolute Gasteiger partial charge is 0.492 e. The molecule has 106 valence electrons. The number of aromatic nitrogens is 1. The molecule has 0 spiro atoms. The van der Waals surface area contributed by atoms with Crippen LogP contribution in [0.1, 0.15) is 32.4 Å². The molecule has 4 nitrogen and oxygen atoms in total. The molecular formula is C15H24N2O2. The number of ether oxygens (including phenoxy) is 1. The zero-order valence-corrected chi connectivity index (χ0v) is 11.9. The number of hydrogen-bond donors (Lipinski definition) is 1. The summed E-state index contributed by atoms with van der Waals surface area (Å²) in [4.78, 5) is 14.9. The van der Waals surface area contributed by atoms with E-state index in [1.54, 1.807) is 6.20 Å². The molecule has 0 aromatic carbocycles. The standard InChI is InChI=1S/C15H24N2O2/c1-3-16-8-4-5-9-19-15-7-6-14(17-11-15)10-13(2)12-18/h6-7,11-13,16H,3-5,8-10H2,1-2H3. The SMILES string of the molecule is CCNCCCCOc1ccc(CC(C)C=O)nc1. The number of nitrogens with zero attached hydrogens (tertiary/aromatic N) is 1. The first-order chi connectivity index (χ1) is 9.26. The first kappa shape index (κ1) is 15.6. The highest BCUT2D eigenvalue weighted by Gasteiger charge is 2.03. The summed E-state index contributed by atoms with van der Waals surface area (Å²) in [7, 11) is 0. The van der Waals surface area contributed by atoms with Crippen LogP contribution >= 0.6 is 0 Å². The van der Waals surface area contributed by atoms with E-state index < -0.39 is 0 Å². The van der Waals surface area contributed by atoms with Crippen LogP contribution in [-0.4, -0.2) is 31.0 Å². The third-order valence-electron chi connectivity index (χ3n) is 2.83. The predicted octanol–water partition coefficient (Wildman–Crippen LogP) is 2.23. The van der Waals surface area contributed by atoms with Crippen molar-refractivity contribution in [1.82, 2.24) is 10.3 Å². The van der Waals surface area contributed by atoms with Crippen molar-refractivity contribution in [1.29, 1.82) is 0 Å². The van der Waals surface area contributed by atoms with Crippen molar-refractivity contribution < 1.29 is 9.53 Å². The number of unbranched alkanes of at least 4 members (excludes halogenated alkanes) is 1. The maximum absolute atomic E-state index is 10.6. The van der Waals surface area contributed by atoms with E-state index in [1.165, 1.54) is 0 Å². The van der Waals surface area contributed by atoms with Crippen molar-refractivity contribution in [2.45, 2.75) is 33.1 Å². The van der Waals surface area contributed by atoms with Crippen molar-refractivity contribution in [2.24, 2.45) is 5.92 Å². The van der Waals surface area contributed by atoms with Gasteiger partial charge in [0.2, 0.25) is 0 Å². The molecule has 0 aliphatic carbocycles. The predicted molar refractivity (Wildman–Crippen MR) is 76.4 cm³/mol. The molecule has 0 aliphatic rings. The lowest BCUT2D eigenvalue weighted by atomic mass is 10.1. The third kappa shape index (κ3) is 6.91. The van der Waals surface area contributed by atoms with Crippen LogP contribution in [0.2, 0.25) is 0 Å².